The summed E-state index contributed by atoms with van der Waals surface area (Å²) >= 11 is 0. The van der Waals surface area contributed by atoms with Gasteiger partial charge in [-0.3, -0.25) is 4.79 Å². The average molecular weight is 221 g/mol. The van der Waals surface area contributed by atoms with E-state index < -0.39 is 11.4 Å². The summed E-state index contributed by atoms with van der Waals surface area (Å²) < 4.78 is 0. The van der Waals surface area contributed by atoms with Gasteiger partial charge in [-0.25, -0.2) is 4.98 Å². The van der Waals surface area contributed by atoms with Gasteiger partial charge in [-0.05, 0) is 26.7 Å². The van der Waals surface area contributed by atoms with Crippen LogP contribution in [0.3, 0.4) is 0 Å². The Morgan fingerprint density at radius 2 is 2.19 bits per heavy atom. The Morgan fingerprint density at radius 1 is 1.50 bits per heavy atom. The predicted octanol–water partition coefficient (Wildman–Crippen LogP) is 1.50. The molecule has 5 heteroatoms. The van der Waals surface area contributed by atoms with Crippen LogP contribution in [-0.4, -0.2) is 26.3 Å². The summed E-state index contributed by atoms with van der Waals surface area (Å²) in [5.41, 5.74) is -0.196. The minimum atomic E-state index is -1.08. The first-order valence-electron chi connectivity index (χ1n) is 5.45. The summed E-state index contributed by atoms with van der Waals surface area (Å²) in [4.78, 5) is 15.4. The van der Waals surface area contributed by atoms with Gasteiger partial charge in [-0.15, -0.1) is 5.10 Å². The molecule has 0 unspecified atom stereocenters. The van der Waals surface area contributed by atoms with Crippen LogP contribution in [0.15, 0.2) is 6.20 Å². The third kappa shape index (κ3) is 1.77. The van der Waals surface area contributed by atoms with Crippen molar-refractivity contribution in [2.75, 3.05) is 0 Å². The van der Waals surface area contributed by atoms with E-state index in [0.717, 1.165) is 18.5 Å². The van der Waals surface area contributed by atoms with E-state index in [1.807, 2.05) is 0 Å². The summed E-state index contributed by atoms with van der Waals surface area (Å²) in [7, 11) is 0. The van der Waals surface area contributed by atoms with E-state index in [4.69, 9.17) is 5.11 Å². The molecule has 0 saturated heterocycles. The number of carboxylic acid groups (broad SMARTS) is 1. The molecule has 0 amide bonds. The molecule has 0 radical (unpaired) electrons. The number of hydrogen-bond acceptors (Lipinski definition) is 4. The SMILES string of the molecule is CC(C)(C(=O)O)c1nncc(C2CCC2)n1. The Balaban J connectivity index is 2.31. The molecule has 1 fully saturated rings. The molecule has 86 valence electrons. The van der Waals surface area contributed by atoms with Crippen molar-refractivity contribution in [1.82, 2.24) is 15.2 Å². The summed E-state index contributed by atoms with van der Waals surface area (Å²) in [6, 6.07) is 0. The lowest BCUT2D eigenvalue weighted by Gasteiger charge is -2.25. The Kier molecular flexibility index (Phi) is 2.61. The van der Waals surface area contributed by atoms with E-state index in [9.17, 15) is 4.79 Å². The second-order valence-electron chi connectivity index (χ2n) is 4.76. The normalized spacial score (nSPS) is 16.9. The van der Waals surface area contributed by atoms with Crippen LogP contribution in [0.1, 0.15) is 50.5 Å². The molecule has 1 aliphatic rings. The van der Waals surface area contributed by atoms with E-state index in [-0.39, 0.29) is 0 Å². The third-order valence-corrected chi connectivity index (χ3v) is 3.19. The minimum absolute atomic E-state index is 0.296. The van der Waals surface area contributed by atoms with Gasteiger partial charge in [0.1, 0.15) is 5.41 Å². The van der Waals surface area contributed by atoms with Crippen LogP contribution in [0.25, 0.3) is 0 Å². The molecule has 1 aromatic heterocycles. The van der Waals surface area contributed by atoms with Crippen LogP contribution in [0.4, 0.5) is 0 Å². The zero-order valence-corrected chi connectivity index (χ0v) is 9.47. The zero-order valence-electron chi connectivity index (χ0n) is 9.47. The first-order chi connectivity index (χ1) is 7.51. The van der Waals surface area contributed by atoms with Crippen molar-refractivity contribution in [3.05, 3.63) is 17.7 Å². The largest absolute Gasteiger partial charge is 0.481 e. The number of hydrogen-bond donors (Lipinski definition) is 1. The highest BCUT2D eigenvalue weighted by molar-refractivity contribution is 5.78. The van der Waals surface area contributed by atoms with Gasteiger partial charge in [-0.2, -0.15) is 5.10 Å². The second-order valence-corrected chi connectivity index (χ2v) is 4.76. The van der Waals surface area contributed by atoms with Crippen molar-refractivity contribution in [2.45, 2.75) is 44.4 Å². The van der Waals surface area contributed by atoms with Crippen LogP contribution in [0.5, 0.6) is 0 Å². The highest BCUT2D eigenvalue weighted by atomic mass is 16.4. The van der Waals surface area contributed by atoms with Crippen molar-refractivity contribution in [3.8, 4) is 0 Å². The molecule has 1 aromatic rings. The molecule has 1 N–H and O–H groups in total. The van der Waals surface area contributed by atoms with Crippen molar-refractivity contribution in [1.29, 1.82) is 0 Å². The van der Waals surface area contributed by atoms with E-state index in [2.05, 4.69) is 15.2 Å². The predicted molar refractivity (Wildman–Crippen MR) is 57.1 cm³/mol. The van der Waals surface area contributed by atoms with Crippen LogP contribution < -0.4 is 0 Å². The molecule has 2 rings (SSSR count). The van der Waals surface area contributed by atoms with Crippen molar-refractivity contribution < 1.29 is 9.90 Å². The fraction of sp³-hybridized carbons (Fsp3) is 0.636. The van der Waals surface area contributed by atoms with Gasteiger partial charge in [0, 0.05) is 5.92 Å². The highest BCUT2D eigenvalue weighted by Gasteiger charge is 2.34. The summed E-state index contributed by atoms with van der Waals surface area (Å²) in [5.74, 6) is -0.191. The molecule has 16 heavy (non-hydrogen) atoms. The van der Waals surface area contributed by atoms with Gasteiger partial charge in [-0.1, -0.05) is 6.42 Å². The topological polar surface area (TPSA) is 76.0 Å². The lowest BCUT2D eigenvalue weighted by molar-refractivity contribution is -0.142. The van der Waals surface area contributed by atoms with Crippen LogP contribution in [0.2, 0.25) is 0 Å². The maximum absolute atomic E-state index is 11.1. The number of rotatable bonds is 3. The van der Waals surface area contributed by atoms with Gasteiger partial charge < -0.3 is 5.11 Å². The lowest BCUT2D eigenvalue weighted by Crippen LogP contribution is -2.32. The lowest BCUT2D eigenvalue weighted by atomic mass is 9.83. The molecule has 1 saturated carbocycles. The second kappa shape index (κ2) is 3.81. The van der Waals surface area contributed by atoms with E-state index in [1.165, 1.54) is 6.42 Å². The molecule has 0 aromatic carbocycles. The highest BCUT2D eigenvalue weighted by Crippen LogP contribution is 2.35. The monoisotopic (exact) mass is 221 g/mol. The van der Waals surface area contributed by atoms with Crippen LogP contribution in [0, 0.1) is 0 Å². The number of carbonyl (C=O) groups is 1. The van der Waals surface area contributed by atoms with E-state index in [1.54, 1.807) is 20.0 Å². The number of aliphatic carboxylic acids is 1. The molecule has 0 bridgehead atoms. The van der Waals surface area contributed by atoms with E-state index >= 15 is 0 Å². The van der Waals surface area contributed by atoms with Gasteiger partial charge in [0.05, 0.1) is 11.9 Å². The molecule has 1 aliphatic carbocycles. The third-order valence-electron chi connectivity index (χ3n) is 3.19. The fourth-order valence-corrected chi connectivity index (χ4v) is 1.58. The molecular formula is C11H15N3O2. The van der Waals surface area contributed by atoms with Crippen molar-refractivity contribution >= 4 is 5.97 Å². The maximum atomic E-state index is 11.1. The summed E-state index contributed by atoms with van der Waals surface area (Å²) in [6.45, 7) is 3.19. The first-order valence-corrected chi connectivity index (χ1v) is 5.45. The standard InChI is InChI=1S/C11H15N3O2/c1-11(2,10(15)16)9-13-8(6-12-14-9)7-4-3-5-7/h6-7H,3-5H2,1-2H3,(H,15,16). The number of carboxylic acids is 1. The average Bonchev–Trinajstić information content (AvgIpc) is 2.15. The molecule has 0 spiro atoms. The Morgan fingerprint density at radius 3 is 2.69 bits per heavy atom. The van der Waals surface area contributed by atoms with Crippen molar-refractivity contribution in [2.24, 2.45) is 0 Å². The van der Waals surface area contributed by atoms with Gasteiger partial charge >= 0.3 is 5.97 Å². The zero-order chi connectivity index (χ0) is 11.8. The van der Waals surface area contributed by atoms with Crippen LogP contribution in [-0.2, 0) is 10.2 Å². The van der Waals surface area contributed by atoms with E-state index in [0.29, 0.717) is 11.7 Å². The number of aromatic nitrogens is 3. The minimum Gasteiger partial charge on any atom is -0.481 e. The summed E-state index contributed by atoms with van der Waals surface area (Å²) in [6.07, 6.45) is 5.09. The molecule has 1 heterocycles. The molecular weight excluding hydrogens is 206 g/mol. The Labute approximate surface area is 93.9 Å². The smallest absolute Gasteiger partial charge is 0.316 e. The summed E-state index contributed by atoms with van der Waals surface area (Å²) in [5, 5.41) is 16.8. The number of nitrogens with zero attached hydrogens (tertiary/aromatic N) is 3. The molecule has 0 atom stereocenters. The van der Waals surface area contributed by atoms with Crippen molar-refractivity contribution in [3.63, 3.8) is 0 Å². The Hall–Kier alpha value is -1.52. The fourth-order valence-electron chi connectivity index (χ4n) is 1.58. The first kappa shape index (κ1) is 11.0. The molecule has 5 nitrogen and oxygen atoms in total. The quantitative estimate of drug-likeness (QED) is 0.837. The van der Waals surface area contributed by atoms with Gasteiger partial charge in [0.25, 0.3) is 0 Å². The molecule has 0 aliphatic heterocycles. The van der Waals surface area contributed by atoms with Crippen LogP contribution >= 0.6 is 0 Å². The maximum Gasteiger partial charge on any atom is 0.316 e. The van der Waals surface area contributed by atoms with Gasteiger partial charge in [0.15, 0.2) is 5.82 Å². The van der Waals surface area contributed by atoms with Gasteiger partial charge in [0.2, 0.25) is 0 Å². The Bertz CT molecular complexity index is 413.